The van der Waals surface area contributed by atoms with Gasteiger partial charge in [-0.3, -0.25) is 9.59 Å². The molecule has 0 aliphatic rings. The van der Waals surface area contributed by atoms with Gasteiger partial charge in [-0.1, -0.05) is 11.8 Å². The predicted octanol–water partition coefficient (Wildman–Crippen LogP) is 4.45. The number of hydrogen-bond acceptors (Lipinski definition) is 6. The van der Waals surface area contributed by atoms with Gasteiger partial charge in [-0.15, -0.1) is 10.2 Å². The third kappa shape index (κ3) is 4.58. The summed E-state index contributed by atoms with van der Waals surface area (Å²) < 4.78 is 1.90. The van der Waals surface area contributed by atoms with Gasteiger partial charge in [-0.2, -0.15) is 0 Å². The van der Waals surface area contributed by atoms with E-state index in [1.54, 1.807) is 6.92 Å². The summed E-state index contributed by atoms with van der Waals surface area (Å²) in [6, 6.07) is 8.28. The van der Waals surface area contributed by atoms with Gasteiger partial charge in [0.1, 0.15) is 0 Å². The van der Waals surface area contributed by atoms with Crippen molar-refractivity contribution < 1.29 is 9.59 Å². The second-order valence-electron chi connectivity index (χ2n) is 7.48. The van der Waals surface area contributed by atoms with Crippen molar-refractivity contribution in [3.8, 4) is 11.4 Å². The second-order valence-corrected chi connectivity index (χ2v) is 8.42. The quantitative estimate of drug-likeness (QED) is 0.392. The molecule has 1 aromatic carbocycles. The maximum absolute atomic E-state index is 12.7. The number of benzene rings is 1. The fourth-order valence-corrected chi connectivity index (χ4v) is 4.64. The number of anilines is 1. The molecule has 7 nitrogen and oxygen atoms in total. The van der Waals surface area contributed by atoms with Crippen LogP contribution < -0.4 is 4.90 Å². The molecule has 0 bridgehead atoms. The summed E-state index contributed by atoms with van der Waals surface area (Å²) in [6.45, 7) is 11.3. The van der Waals surface area contributed by atoms with E-state index in [0.29, 0.717) is 22.0 Å². The largest absolute Gasteiger partial charge is 0.372 e. The topological polar surface area (TPSA) is 83.9 Å². The molecular formula is C23H29N5O2S. The van der Waals surface area contributed by atoms with Gasteiger partial charge in [-0.25, -0.2) is 0 Å². The van der Waals surface area contributed by atoms with E-state index in [9.17, 15) is 9.59 Å². The number of aromatic nitrogens is 4. The Kier molecular flexibility index (Phi) is 7.00. The van der Waals surface area contributed by atoms with Gasteiger partial charge in [0.2, 0.25) is 0 Å². The molecule has 2 aromatic heterocycles. The molecule has 0 radical (unpaired) electrons. The van der Waals surface area contributed by atoms with Gasteiger partial charge in [0.15, 0.2) is 22.5 Å². The van der Waals surface area contributed by atoms with Crippen LogP contribution in [0.4, 0.5) is 5.69 Å². The van der Waals surface area contributed by atoms with Crippen LogP contribution >= 0.6 is 11.8 Å². The van der Waals surface area contributed by atoms with E-state index >= 15 is 0 Å². The molecule has 3 aromatic rings. The molecule has 31 heavy (non-hydrogen) atoms. The van der Waals surface area contributed by atoms with E-state index in [4.69, 9.17) is 0 Å². The van der Waals surface area contributed by atoms with Crippen molar-refractivity contribution in [1.29, 1.82) is 0 Å². The fourth-order valence-electron chi connectivity index (χ4n) is 3.86. The van der Waals surface area contributed by atoms with E-state index in [-0.39, 0.29) is 17.3 Å². The molecule has 2 heterocycles. The Balaban J connectivity index is 1.73. The Morgan fingerprint density at radius 3 is 2.29 bits per heavy atom. The van der Waals surface area contributed by atoms with Crippen molar-refractivity contribution in [3.05, 3.63) is 46.8 Å². The molecule has 0 fully saturated rings. The van der Waals surface area contributed by atoms with Crippen LogP contribution in [0.1, 0.15) is 52.9 Å². The van der Waals surface area contributed by atoms with Crippen LogP contribution in [0.3, 0.4) is 0 Å². The first-order chi connectivity index (χ1) is 14.8. The monoisotopic (exact) mass is 439 g/mol. The summed E-state index contributed by atoms with van der Waals surface area (Å²) in [5.74, 6) is 0.867. The maximum Gasteiger partial charge on any atom is 0.191 e. The van der Waals surface area contributed by atoms with Gasteiger partial charge in [0.25, 0.3) is 0 Å². The summed E-state index contributed by atoms with van der Waals surface area (Å²) in [5, 5.41) is 9.27. The van der Waals surface area contributed by atoms with Crippen LogP contribution in [0.5, 0.6) is 0 Å². The molecule has 1 N–H and O–H groups in total. The number of H-pyrrole nitrogens is 1. The van der Waals surface area contributed by atoms with Crippen LogP contribution in [-0.4, -0.2) is 50.2 Å². The molecule has 0 atom stereocenters. The number of aromatic amines is 1. The number of ketones is 2. The lowest BCUT2D eigenvalue weighted by atomic mass is 10.1. The van der Waals surface area contributed by atoms with Gasteiger partial charge in [0.05, 0.1) is 11.4 Å². The predicted molar refractivity (Wildman–Crippen MR) is 125 cm³/mol. The molecule has 0 amide bonds. The number of Topliss-reactive ketones (excluding diaryl/α,β-unsaturated/α-hetero) is 2. The number of nitrogens with zero attached hydrogens (tertiary/aromatic N) is 4. The molecule has 0 aliphatic heterocycles. The van der Waals surface area contributed by atoms with E-state index in [1.807, 2.05) is 30.7 Å². The Morgan fingerprint density at radius 2 is 1.74 bits per heavy atom. The molecule has 0 aliphatic carbocycles. The number of nitrogens with one attached hydrogen (secondary N) is 1. The Labute approximate surface area is 187 Å². The zero-order chi connectivity index (χ0) is 22.7. The summed E-state index contributed by atoms with van der Waals surface area (Å²) >= 11 is 1.34. The Morgan fingerprint density at radius 1 is 1.10 bits per heavy atom. The molecule has 0 saturated heterocycles. The molecule has 0 spiro atoms. The highest BCUT2D eigenvalue weighted by molar-refractivity contribution is 7.99. The lowest BCUT2D eigenvalue weighted by Crippen LogP contribution is -2.21. The van der Waals surface area contributed by atoms with Crippen LogP contribution in [0.25, 0.3) is 11.4 Å². The third-order valence-corrected chi connectivity index (χ3v) is 6.51. The minimum Gasteiger partial charge on any atom is -0.372 e. The van der Waals surface area contributed by atoms with Gasteiger partial charge in [-0.05, 0) is 64.4 Å². The van der Waals surface area contributed by atoms with Crippen molar-refractivity contribution in [2.24, 2.45) is 7.05 Å². The minimum atomic E-state index is -0.0637. The Hall–Kier alpha value is -2.87. The summed E-state index contributed by atoms with van der Waals surface area (Å²) in [6.07, 6.45) is 0. The summed E-state index contributed by atoms with van der Waals surface area (Å²) in [4.78, 5) is 29.9. The van der Waals surface area contributed by atoms with Crippen molar-refractivity contribution >= 4 is 29.0 Å². The van der Waals surface area contributed by atoms with Crippen molar-refractivity contribution in [3.63, 3.8) is 0 Å². The average molecular weight is 440 g/mol. The van der Waals surface area contributed by atoms with Crippen molar-refractivity contribution in [2.45, 2.75) is 39.8 Å². The Bertz CT molecular complexity index is 1090. The van der Waals surface area contributed by atoms with Gasteiger partial charge < -0.3 is 14.5 Å². The molecule has 8 heteroatoms. The normalized spacial score (nSPS) is 11.0. The number of hydrogen-bond donors (Lipinski definition) is 1. The first-order valence-electron chi connectivity index (χ1n) is 10.4. The fraction of sp³-hybridized carbons (Fsp3) is 0.391. The highest BCUT2D eigenvalue weighted by Gasteiger charge is 2.21. The zero-order valence-electron chi connectivity index (χ0n) is 18.9. The van der Waals surface area contributed by atoms with Crippen LogP contribution in [0.15, 0.2) is 29.4 Å². The SMILES string of the molecule is CCN(CC)c1ccc(-c2nnc(SCC(=O)c3[nH]c(C)c(C(C)=O)c3C)n2C)cc1. The summed E-state index contributed by atoms with van der Waals surface area (Å²) in [7, 11) is 1.90. The van der Waals surface area contributed by atoms with E-state index in [1.165, 1.54) is 24.4 Å². The van der Waals surface area contributed by atoms with E-state index in [2.05, 4.69) is 46.1 Å². The molecular weight excluding hydrogens is 410 g/mol. The van der Waals surface area contributed by atoms with E-state index < -0.39 is 0 Å². The highest BCUT2D eigenvalue weighted by atomic mass is 32.2. The second kappa shape index (κ2) is 9.51. The molecule has 3 rings (SSSR count). The highest BCUT2D eigenvalue weighted by Crippen LogP contribution is 2.26. The van der Waals surface area contributed by atoms with Crippen LogP contribution in [-0.2, 0) is 7.05 Å². The van der Waals surface area contributed by atoms with Crippen molar-refractivity contribution in [2.75, 3.05) is 23.7 Å². The standard InChI is InChI=1S/C23H29N5O2S/c1-7-28(8-2)18-11-9-17(10-12-18)22-25-26-23(27(22)6)31-13-19(30)21-14(3)20(16(5)29)15(4)24-21/h9-12,24H,7-8,13H2,1-6H3. The van der Waals surface area contributed by atoms with Crippen LogP contribution in [0.2, 0.25) is 0 Å². The molecule has 0 unspecified atom stereocenters. The molecule has 164 valence electrons. The first-order valence-corrected chi connectivity index (χ1v) is 11.4. The van der Waals surface area contributed by atoms with Crippen LogP contribution in [0, 0.1) is 13.8 Å². The maximum atomic E-state index is 12.7. The number of carbonyl (C=O) groups is 2. The number of carbonyl (C=O) groups excluding carboxylic acids is 2. The van der Waals surface area contributed by atoms with Gasteiger partial charge >= 0.3 is 0 Å². The minimum absolute atomic E-state index is 0.0390. The van der Waals surface area contributed by atoms with Gasteiger partial charge in [0, 0.05) is 42.6 Å². The first kappa shape index (κ1) is 22.8. The van der Waals surface area contributed by atoms with E-state index in [0.717, 1.165) is 30.2 Å². The molecule has 0 saturated carbocycles. The number of aryl methyl sites for hydroxylation is 1. The number of rotatable bonds is 9. The van der Waals surface area contributed by atoms with Crippen molar-refractivity contribution in [1.82, 2.24) is 19.7 Å². The summed E-state index contributed by atoms with van der Waals surface area (Å²) in [5.41, 5.74) is 4.69. The lowest BCUT2D eigenvalue weighted by Gasteiger charge is -2.21. The average Bonchev–Trinajstić information content (AvgIpc) is 3.26. The number of thioether (sulfide) groups is 1. The lowest BCUT2D eigenvalue weighted by molar-refractivity contribution is 0.101. The third-order valence-electron chi connectivity index (χ3n) is 5.49. The zero-order valence-corrected chi connectivity index (χ0v) is 19.8. The smallest absolute Gasteiger partial charge is 0.191 e.